The van der Waals surface area contributed by atoms with Gasteiger partial charge in [0.25, 0.3) is 10.2 Å². The van der Waals surface area contributed by atoms with Crippen molar-refractivity contribution in [2.24, 2.45) is 11.7 Å². The molecule has 2 aliphatic rings. The summed E-state index contributed by atoms with van der Waals surface area (Å²) in [7, 11) is -3.44. The molecule has 0 aromatic heterocycles. The van der Waals surface area contributed by atoms with E-state index in [1.807, 2.05) is 18.2 Å². The van der Waals surface area contributed by atoms with E-state index in [0.717, 1.165) is 24.8 Å². The topological polar surface area (TPSA) is 66.6 Å². The Bertz CT molecular complexity index is 632. The molecule has 2 atom stereocenters. The molecular formula is C16H25N3O2S. The first-order chi connectivity index (χ1) is 10.5. The van der Waals surface area contributed by atoms with Crippen molar-refractivity contribution in [1.29, 1.82) is 0 Å². The lowest BCUT2D eigenvalue weighted by atomic mass is 9.93. The summed E-state index contributed by atoms with van der Waals surface area (Å²) >= 11 is 0. The van der Waals surface area contributed by atoms with Gasteiger partial charge in [-0.2, -0.15) is 17.0 Å². The molecule has 0 bridgehead atoms. The van der Waals surface area contributed by atoms with E-state index >= 15 is 0 Å². The summed E-state index contributed by atoms with van der Waals surface area (Å²) in [5.41, 5.74) is 8.24. The molecule has 0 aliphatic carbocycles. The van der Waals surface area contributed by atoms with Gasteiger partial charge in [-0.25, -0.2) is 0 Å². The Kier molecular flexibility index (Phi) is 4.54. The third-order valence-corrected chi connectivity index (χ3v) is 7.03. The van der Waals surface area contributed by atoms with Crippen molar-refractivity contribution in [2.75, 3.05) is 19.6 Å². The molecule has 0 radical (unpaired) electrons. The molecule has 0 amide bonds. The van der Waals surface area contributed by atoms with Gasteiger partial charge in [-0.1, -0.05) is 31.2 Å². The molecule has 6 heteroatoms. The zero-order valence-electron chi connectivity index (χ0n) is 13.1. The Labute approximate surface area is 133 Å². The Balaban J connectivity index is 1.84. The minimum Gasteiger partial charge on any atom is -0.329 e. The highest BCUT2D eigenvalue weighted by atomic mass is 32.2. The van der Waals surface area contributed by atoms with Gasteiger partial charge in [-0.05, 0) is 36.3 Å². The normalized spacial score (nSPS) is 27.5. The molecule has 22 heavy (non-hydrogen) atoms. The zero-order valence-corrected chi connectivity index (χ0v) is 13.9. The molecule has 1 saturated heterocycles. The van der Waals surface area contributed by atoms with Crippen LogP contribution in [0.25, 0.3) is 0 Å². The second-order valence-electron chi connectivity index (χ2n) is 6.39. The summed E-state index contributed by atoms with van der Waals surface area (Å²) in [6, 6.07) is 8.03. The SMILES string of the molecule is CC1CCCN(S(=O)(=O)N2CCc3ccccc3C2)C1CN. The Morgan fingerprint density at radius 1 is 1.23 bits per heavy atom. The highest BCUT2D eigenvalue weighted by molar-refractivity contribution is 7.86. The van der Waals surface area contributed by atoms with E-state index in [9.17, 15) is 8.42 Å². The van der Waals surface area contributed by atoms with Crippen LogP contribution >= 0.6 is 0 Å². The first-order valence-electron chi connectivity index (χ1n) is 8.08. The average Bonchev–Trinajstić information content (AvgIpc) is 2.54. The van der Waals surface area contributed by atoms with Gasteiger partial charge in [0.15, 0.2) is 0 Å². The van der Waals surface area contributed by atoms with Crippen molar-refractivity contribution in [1.82, 2.24) is 8.61 Å². The summed E-state index contributed by atoms with van der Waals surface area (Å²) < 4.78 is 29.4. The summed E-state index contributed by atoms with van der Waals surface area (Å²) in [4.78, 5) is 0. The van der Waals surface area contributed by atoms with Crippen molar-refractivity contribution in [3.8, 4) is 0 Å². The van der Waals surface area contributed by atoms with E-state index in [2.05, 4.69) is 13.0 Å². The predicted molar refractivity (Wildman–Crippen MR) is 87.4 cm³/mol. The fourth-order valence-corrected chi connectivity index (χ4v) is 5.58. The third-order valence-electron chi connectivity index (χ3n) is 5.02. The van der Waals surface area contributed by atoms with Gasteiger partial charge in [0.1, 0.15) is 0 Å². The van der Waals surface area contributed by atoms with Crippen LogP contribution in [0.15, 0.2) is 24.3 Å². The second-order valence-corrected chi connectivity index (χ2v) is 8.27. The van der Waals surface area contributed by atoms with E-state index in [1.165, 1.54) is 5.56 Å². The number of nitrogens with zero attached hydrogens (tertiary/aromatic N) is 2. The summed E-state index contributed by atoms with van der Waals surface area (Å²) in [6.45, 7) is 4.12. The average molecular weight is 323 g/mol. The van der Waals surface area contributed by atoms with Crippen molar-refractivity contribution < 1.29 is 8.42 Å². The van der Waals surface area contributed by atoms with Crippen LogP contribution in [0.4, 0.5) is 0 Å². The number of fused-ring (bicyclic) bond motifs is 1. The van der Waals surface area contributed by atoms with Crippen LogP contribution < -0.4 is 5.73 Å². The van der Waals surface area contributed by atoms with Crippen LogP contribution in [0, 0.1) is 5.92 Å². The molecule has 2 unspecified atom stereocenters. The minimum atomic E-state index is -3.44. The molecule has 122 valence electrons. The van der Waals surface area contributed by atoms with Gasteiger partial charge in [0.2, 0.25) is 0 Å². The Morgan fingerprint density at radius 3 is 2.68 bits per heavy atom. The van der Waals surface area contributed by atoms with Crippen LogP contribution in [-0.2, 0) is 23.2 Å². The molecule has 1 aromatic rings. The first-order valence-corrected chi connectivity index (χ1v) is 9.47. The second kappa shape index (κ2) is 6.28. The summed E-state index contributed by atoms with van der Waals surface area (Å²) in [6.07, 6.45) is 2.75. The lowest BCUT2D eigenvalue weighted by Gasteiger charge is -2.41. The quantitative estimate of drug-likeness (QED) is 0.913. The van der Waals surface area contributed by atoms with Crippen molar-refractivity contribution in [3.05, 3.63) is 35.4 Å². The van der Waals surface area contributed by atoms with E-state index in [0.29, 0.717) is 32.1 Å². The third kappa shape index (κ3) is 2.80. The molecule has 1 fully saturated rings. The van der Waals surface area contributed by atoms with Crippen LogP contribution in [0.2, 0.25) is 0 Å². The van der Waals surface area contributed by atoms with Gasteiger partial charge in [-0.3, -0.25) is 0 Å². The fourth-order valence-electron chi connectivity index (χ4n) is 3.66. The highest BCUT2D eigenvalue weighted by Crippen LogP contribution is 2.29. The van der Waals surface area contributed by atoms with E-state index in [-0.39, 0.29) is 6.04 Å². The lowest BCUT2D eigenvalue weighted by molar-refractivity contribution is 0.178. The van der Waals surface area contributed by atoms with E-state index in [1.54, 1.807) is 8.61 Å². The maximum atomic E-state index is 13.1. The molecule has 3 rings (SSSR count). The highest BCUT2D eigenvalue weighted by Gasteiger charge is 2.39. The minimum absolute atomic E-state index is 0.0732. The van der Waals surface area contributed by atoms with Gasteiger partial charge in [-0.15, -0.1) is 0 Å². The number of hydrogen-bond donors (Lipinski definition) is 1. The van der Waals surface area contributed by atoms with Crippen LogP contribution in [0.5, 0.6) is 0 Å². The maximum absolute atomic E-state index is 13.1. The maximum Gasteiger partial charge on any atom is 0.282 e. The summed E-state index contributed by atoms with van der Waals surface area (Å²) in [5.74, 6) is 0.325. The largest absolute Gasteiger partial charge is 0.329 e. The van der Waals surface area contributed by atoms with Gasteiger partial charge < -0.3 is 5.73 Å². The van der Waals surface area contributed by atoms with E-state index < -0.39 is 10.2 Å². The van der Waals surface area contributed by atoms with Crippen LogP contribution in [-0.4, -0.2) is 42.7 Å². The molecule has 0 spiro atoms. The molecule has 2 heterocycles. The number of benzene rings is 1. The van der Waals surface area contributed by atoms with Crippen molar-refractivity contribution in [2.45, 2.75) is 38.8 Å². The zero-order chi connectivity index (χ0) is 15.7. The molecule has 5 nitrogen and oxygen atoms in total. The Hall–Kier alpha value is -0.950. The van der Waals surface area contributed by atoms with Crippen LogP contribution in [0.1, 0.15) is 30.9 Å². The van der Waals surface area contributed by atoms with E-state index in [4.69, 9.17) is 5.73 Å². The Morgan fingerprint density at radius 2 is 1.95 bits per heavy atom. The first kappa shape index (κ1) is 15.9. The number of hydrogen-bond acceptors (Lipinski definition) is 3. The molecule has 1 aromatic carbocycles. The fraction of sp³-hybridized carbons (Fsp3) is 0.625. The van der Waals surface area contributed by atoms with Gasteiger partial charge >= 0.3 is 0 Å². The van der Waals surface area contributed by atoms with Crippen molar-refractivity contribution >= 4 is 10.2 Å². The predicted octanol–water partition coefficient (Wildman–Crippen LogP) is 1.35. The smallest absolute Gasteiger partial charge is 0.282 e. The number of nitrogens with two attached hydrogens (primary N) is 1. The molecule has 2 aliphatic heterocycles. The monoisotopic (exact) mass is 323 g/mol. The standard InChI is InChI=1S/C16H25N3O2S/c1-13-5-4-9-19(16(13)11-17)22(20,21)18-10-8-14-6-2-3-7-15(14)12-18/h2-3,6-7,13,16H,4-5,8-12,17H2,1H3. The number of rotatable bonds is 3. The molecule has 2 N–H and O–H groups in total. The van der Waals surface area contributed by atoms with Gasteiger partial charge in [0.05, 0.1) is 0 Å². The molecular weight excluding hydrogens is 298 g/mol. The summed E-state index contributed by atoms with van der Waals surface area (Å²) in [5, 5.41) is 0. The number of piperidine rings is 1. The van der Waals surface area contributed by atoms with Crippen LogP contribution in [0.3, 0.4) is 0 Å². The lowest BCUT2D eigenvalue weighted by Crippen LogP contribution is -2.56. The molecule has 0 saturated carbocycles. The van der Waals surface area contributed by atoms with Crippen molar-refractivity contribution in [3.63, 3.8) is 0 Å². The van der Waals surface area contributed by atoms with Gasteiger partial charge in [0, 0.05) is 32.2 Å².